The number of hydrogen-bond acceptors (Lipinski definition) is 6. The fourth-order valence-electron chi connectivity index (χ4n) is 3.08. The van der Waals surface area contributed by atoms with E-state index in [0.29, 0.717) is 30.5 Å². The number of halogens is 3. The lowest BCUT2D eigenvalue weighted by atomic mass is 10.1. The first-order valence-electron chi connectivity index (χ1n) is 9.66. The molecule has 0 saturated heterocycles. The van der Waals surface area contributed by atoms with Crippen molar-refractivity contribution in [1.29, 1.82) is 5.26 Å². The number of aryl methyl sites for hydroxylation is 1. The quantitative estimate of drug-likeness (QED) is 0.530. The van der Waals surface area contributed by atoms with E-state index in [2.05, 4.69) is 15.3 Å². The Hall–Kier alpha value is -3.16. The molecule has 31 heavy (non-hydrogen) atoms. The molecule has 0 radical (unpaired) electrons. The van der Waals surface area contributed by atoms with Crippen LogP contribution in [0.15, 0.2) is 30.6 Å². The summed E-state index contributed by atoms with van der Waals surface area (Å²) in [4.78, 5) is 8.31. The van der Waals surface area contributed by atoms with Gasteiger partial charge in [0.2, 0.25) is 0 Å². The van der Waals surface area contributed by atoms with E-state index < -0.39 is 17.8 Å². The number of alkyl halides is 3. The second kappa shape index (κ2) is 9.32. The molecule has 3 aromatic rings. The van der Waals surface area contributed by atoms with Crippen molar-refractivity contribution < 1.29 is 23.0 Å². The Morgan fingerprint density at radius 3 is 2.77 bits per heavy atom. The number of nitriles is 1. The zero-order valence-corrected chi connectivity index (χ0v) is 17.1. The van der Waals surface area contributed by atoms with Crippen molar-refractivity contribution in [2.45, 2.75) is 25.6 Å². The monoisotopic (exact) mass is 433 g/mol. The number of rotatable bonds is 8. The number of aliphatic hydroxyl groups excluding tert-OH is 1. The molecule has 2 N–H and O–H groups in total. The minimum absolute atomic E-state index is 0.0479. The van der Waals surface area contributed by atoms with E-state index in [1.54, 1.807) is 24.6 Å². The Balaban J connectivity index is 1.86. The van der Waals surface area contributed by atoms with E-state index >= 15 is 0 Å². The topological polar surface area (TPSA) is 96.0 Å². The number of pyridine rings is 1. The maximum atomic E-state index is 13.7. The minimum atomic E-state index is -4.62. The normalized spacial score (nSPS) is 12.7. The van der Waals surface area contributed by atoms with Crippen LogP contribution in [0.4, 0.5) is 13.2 Å². The standard InChI is InChI=1S/C21H22F3N5O2/c1-13(30)11-26-6-3-7-31-19-5-4-14(8-15(19)21(22,23)24)16-9-18-20(17(10-25)28-16)27-12-29(18)2/h4-5,8-9,12-13,26,30H,3,6-7,11H2,1-2H3/t13-/m1/s1. The number of imidazole rings is 1. The summed E-state index contributed by atoms with van der Waals surface area (Å²) in [6, 6.07) is 7.28. The van der Waals surface area contributed by atoms with Crippen LogP contribution in [0, 0.1) is 11.3 Å². The lowest BCUT2D eigenvalue weighted by Crippen LogP contribution is -2.26. The molecule has 0 unspecified atom stereocenters. The van der Waals surface area contributed by atoms with Gasteiger partial charge in [0.15, 0.2) is 5.69 Å². The van der Waals surface area contributed by atoms with Crippen LogP contribution in [0.3, 0.4) is 0 Å². The second-order valence-corrected chi connectivity index (χ2v) is 7.15. The van der Waals surface area contributed by atoms with Gasteiger partial charge in [-0.2, -0.15) is 18.4 Å². The third kappa shape index (κ3) is 5.31. The first kappa shape index (κ1) is 22.5. The number of hydrogen-bond donors (Lipinski definition) is 2. The van der Waals surface area contributed by atoms with E-state index in [9.17, 15) is 23.5 Å². The number of nitrogens with zero attached hydrogens (tertiary/aromatic N) is 4. The number of aromatic nitrogens is 3. The average Bonchev–Trinajstić information content (AvgIpc) is 3.10. The zero-order chi connectivity index (χ0) is 22.6. The molecule has 3 rings (SSSR count). The molecule has 0 aliphatic heterocycles. The molecule has 10 heteroatoms. The van der Waals surface area contributed by atoms with Crippen molar-refractivity contribution in [3.8, 4) is 23.1 Å². The highest BCUT2D eigenvalue weighted by Gasteiger charge is 2.35. The lowest BCUT2D eigenvalue weighted by Gasteiger charge is -2.16. The summed E-state index contributed by atoms with van der Waals surface area (Å²) in [6.07, 6.45) is -3.11. The van der Waals surface area contributed by atoms with Gasteiger partial charge in [0, 0.05) is 19.2 Å². The number of benzene rings is 1. The van der Waals surface area contributed by atoms with Crippen molar-refractivity contribution >= 4 is 11.0 Å². The van der Waals surface area contributed by atoms with Crippen molar-refractivity contribution in [2.24, 2.45) is 7.05 Å². The maximum absolute atomic E-state index is 13.7. The molecular weight excluding hydrogens is 411 g/mol. The molecule has 0 bridgehead atoms. The number of fused-ring (bicyclic) bond motifs is 1. The van der Waals surface area contributed by atoms with Gasteiger partial charge in [-0.05, 0) is 44.2 Å². The zero-order valence-electron chi connectivity index (χ0n) is 17.1. The fraction of sp³-hybridized carbons (Fsp3) is 0.381. The van der Waals surface area contributed by atoms with Crippen LogP contribution >= 0.6 is 0 Å². The Bertz CT molecular complexity index is 1100. The van der Waals surface area contributed by atoms with Gasteiger partial charge in [0.1, 0.15) is 17.3 Å². The third-order valence-electron chi connectivity index (χ3n) is 4.59. The molecule has 0 spiro atoms. The molecule has 0 amide bonds. The van der Waals surface area contributed by atoms with E-state index in [0.717, 1.165) is 6.07 Å². The molecular formula is C21H22F3N5O2. The lowest BCUT2D eigenvalue weighted by molar-refractivity contribution is -0.138. The van der Waals surface area contributed by atoms with Crippen molar-refractivity contribution in [3.63, 3.8) is 0 Å². The third-order valence-corrected chi connectivity index (χ3v) is 4.59. The Morgan fingerprint density at radius 1 is 1.32 bits per heavy atom. The van der Waals surface area contributed by atoms with Gasteiger partial charge >= 0.3 is 6.18 Å². The predicted octanol–water partition coefficient (Wildman–Crippen LogP) is 3.27. The first-order valence-corrected chi connectivity index (χ1v) is 9.66. The summed E-state index contributed by atoms with van der Waals surface area (Å²) in [5.74, 6) is -0.270. The summed E-state index contributed by atoms with van der Waals surface area (Å²) in [7, 11) is 1.73. The molecule has 1 aromatic carbocycles. The van der Waals surface area contributed by atoms with Crippen LogP contribution in [-0.4, -0.2) is 45.4 Å². The molecule has 7 nitrogen and oxygen atoms in total. The summed E-state index contributed by atoms with van der Waals surface area (Å²) < 4.78 is 48.1. The van der Waals surface area contributed by atoms with Crippen LogP contribution in [0.2, 0.25) is 0 Å². The maximum Gasteiger partial charge on any atom is 0.419 e. The molecule has 2 heterocycles. The highest BCUT2D eigenvalue weighted by Crippen LogP contribution is 2.39. The Morgan fingerprint density at radius 2 is 2.10 bits per heavy atom. The SMILES string of the molecule is C[C@@H](O)CNCCCOc1ccc(-c2cc3c(ncn3C)c(C#N)n2)cc1C(F)(F)F. The molecule has 0 saturated carbocycles. The van der Waals surface area contributed by atoms with Gasteiger partial charge in [0.25, 0.3) is 0 Å². The van der Waals surface area contributed by atoms with Crippen LogP contribution in [0.1, 0.15) is 24.6 Å². The van der Waals surface area contributed by atoms with E-state index in [-0.39, 0.29) is 29.3 Å². The largest absolute Gasteiger partial charge is 0.493 e. The van der Waals surface area contributed by atoms with Gasteiger partial charge in [-0.25, -0.2) is 9.97 Å². The van der Waals surface area contributed by atoms with Crippen molar-refractivity contribution in [2.75, 3.05) is 19.7 Å². The van der Waals surface area contributed by atoms with Gasteiger partial charge in [0.05, 0.1) is 35.8 Å². The number of nitrogens with one attached hydrogen (secondary N) is 1. The molecule has 0 aliphatic rings. The predicted molar refractivity (Wildman–Crippen MR) is 108 cm³/mol. The van der Waals surface area contributed by atoms with E-state index in [1.165, 1.54) is 18.5 Å². The van der Waals surface area contributed by atoms with Crippen molar-refractivity contribution in [3.05, 3.63) is 41.9 Å². The fourth-order valence-corrected chi connectivity index (χ4v) is 3.08. The van der Waals surface area contributed by atoms with Gasteiger partial charge < -0.3 is 19.7 Å². The van der Waals surface area contributed by atoms with Crippen LogP contribution < -0.4 is 10.1 Å². The molecule has 1 atom stereocenters. The summed E-state index contributed by atoms with van der Waals surface area (Å²) in [5, 5.41) is 21.5. The van der Waals surface area contributed by atoms with Gasteiger partial charge in [-0.3, -0.25) is 0 Å². The smallest absolute Gasteiger partial charge is 0.419 e. The van der Waals surface area contributed by atoms with Crippen molar-refractivity contribution in [1.82, 2.24) is 19.9 Å². The minimum Gasteiger partial charge on any atom is -0.493 e. The number of aliphatic hydroxyl groups is 1. The average molecular weight is 433 g/mol. The number of ether oxygens (including phenoxy) is 1. The van der Waals surface area contributed by atoms with Gasteiger partial charge in [-0.1, -0.05) is 0 Å². The van der Waals surface area contributed by atoms with Crippen LogP contribution in [-0.2, 0) is 13.2 Å². The highest BCUT2D eigenvalue weighted by molar-refractivity contribution is 5.84. The van der Waals surface area contributed by atoms with E-state index in [1.807, 2.05) is 6.07 Å². The molecule has 0 aliphatic carbocycles. The molecule has 0 fully saturated rings. The van der Waals surface area contributed by atoms with E-state index in [4.69, 9.17) is 4.74 Å². The van der Waals surface area contributed by atoms with Gasteiger partial charge in [-0.15, -0.1) is 0 Å². The van der Waals surface area contributed by atoms with Crippen LogP contribution in [0.5, 0.6) is 5.75 Å². The summed E-state index contributed by atoms with van der Waals surface area (Å²) >= 11 is 0. The summed E-state index contributed by atoms with van der Waals surface area (Å²) in [6.45, 7) is 2.64. The summed E-state index contributed by atoms with van der Waals surface area (Å²) in [5.41, 5.74) is 0.595. The Kier molecular flexibility index (Phi) is 6.77. The van der Waals surface area contributed by atoms with Crippen LogP contribution in [0.25, 0.3) is 22.3 Å². The molecule has 2 aromatic heterocycles. The molecule has 164 valence electrons. The first-order chi connectivity index (χ1) is 14.7. The Labute approximate surface area is 177 Å². The second-order valence-electron chi connectivity index (χ2n) is 7.15. The highest BCUT2D eigenvalue weighted by atomic mass is 19.4.